The number of aromatic nitrogens is 4. The zero-order valence-electron chi connectivity index (χ0n) is 14.7. The zero-order chi connectivity index (χ0) is 17.9. The van der Waals surface area contributed by atoms with Crippen LogP contribution in [0, 0.1) is 0 Å². The van der Waals surface area contributed by atoms with Crippen LogP contribution in [0.3, 0.4) is 0 Å². The minimum Gasteiger partial charge on any atom is -0.378 e. The lowest BCUT2D eigenvalue weighted by atomic mass is 10.1. The molecule has 0 amide bonds. The van der Waals surface area contributed by atoms with Crippen LogP contribution >= 0.6 is 15.9 Å². The van der Waals surface area contributed by atoms with Gasteiger partial charge in [0, 0.05) is 41.6 Å². The van der Waals surface area contributed by atoms with Crippen LogP contribution in [0.2, 0.25) is 0 Å². The van der Waals surface area contributed by atoms with E-state index in [0.717, 1.165) is 48.7 Å². The summed E-state index contributed by atoms with van der Waals surface area (Å²) in [5.74, 6) is 1.52. The average molecular weight is 417 g/mol. The van der Waals surface area contributed by atoms with Gasteiger partial charge in [0.25, 0.3) is 5.78 Å². The standard InChI is InChI=1S/C18H21BrN6O/c1-2-15-10-17(25-18(23-15)21-12-22-25)20-11-13-3-4-14(19)9-16(13)24-5-7-26-8-6-24/h3-4,9-10,12,20H,2,5-8,11H2,1H3. The fourth-order valence-electron chi connectivity index (χ4n) is 3.14. The molecule has 0 spiro atoms. The molecule has 0 unspecified atom stereocenters. The van der Waals surface area contributed by atoms with E-state index in [1.54, 1.807) is 4.52 Å². The van der Waals surface area contributed by atoms with Gasteiger partial charge in [0.1, 0.15) is 12.1 Å². The minimum absolute atomic E-state index is 0.621. The highest BCUT2D eigenvalue weighted by Gasteiger charge is 2.16. The summed E-state index contributed by atoms with van der Waals surface area (Å²) in [4.78, 5) is 11.1. The van der Waals surface area contributed by atoms with Crippen LogP contribution in [-0.2, 0) is 17.7 Å². The summed E-state index contributed by atoms with van der Waals surface area (Å²) in [6.07, 6.45) is 2.39. The number of benzene rings is 1. The van der Waals surface area contributed by atoms with Crippen molar-refractivity contribution < 1.29 is 4.74 Å². The van der Waals surface area contributed by atoms with Gasteiger partial charge in [-0.05, 0) is 24.1 Å². The number of anilines is 2. The molecule has 1 aromatic carbocycles. The van der Waals surface area contributed by atoms with Crippen LogP contribution in [0.15, 0.2) is 35.1 Å². The van der Waals surface area contributed by atoms with E-state index in [9.17, 15) is 0 Å². The van der Waals surface area contributed by atoms with Crippen molar-refractivity contribution in [1.29, 1.82) is 0 Å². The van der Waals surface area contributed by atoms with Gasteiger partial charge < -0.3 is 15.0 Å². The van der Waals surface area contributed by atoms with Gasteiger partial charge in [-0.25, -0.2) is 4.98 Å². The maximum absolute atomic E-state index is 5.49. The first kappa shape index (κ1) is 17.2. The summed E-state index contributed by atoms with van der Waals surface area (Å²) >= 11 is 3.60. The quantitative estimate of drug-likeness (QED) is 0.689. The Bertz CT molecular complexity index is 906. The molecule has 26 heavy (non-hydrogen) atoms. The predicted molar refractivity (Wildman–Crippen MR) is 105 cm³/mol. The Kier molecular flexibility index (Phi) is 5.03. The number of ether oxygens (including phenoxy) is 1. The predicted octanol–water partition coefficient (Wildman–Crippen LogP) is 2.90. The molecule has 0 saturated carbocycles. The number of nitrogens with one attached hydrogen (secondary N) is 1. The zero-order valence-corrected chi connectivity index (χ0v) is 16.2. The van der Waals surface area contributed by atoms with Crippen molar-refractivity contribution in [2.24, 2.45) is 0 Å². The van der Waals surface area contributed by atoms with Crippen molar-refractivity contribution in [3.8, 4) is 0 Å². The van der Waals surface area contributed by atoms with Gasteiger partial charge in [0.05, 0.1) is 13.2 Å². The Morgan fingerprint density at radius 2 is 2.08 bits per heavy atom. The molecule has 1 N–H and O–H groups in total. The molecule has 2 aromatic heterocycles. The largest absolute Gasteiger partial charge is 0.378 e. The lowest BCUT2D eigenvalue weighted by molar-refractivity contribution is 0.122. The second kappa shape index (κ2) is 7.59. The fourth-order valence-corrected chi connectivity index (χ4v) is 3.49. The van der Waals surface area contributed by atoms with Crippen LogP contribution in [0.1, 0.15) is 18.2 Å². The van der Waals surface area contributed by atoms with Crippen molar-refractivity contribution in [1.82, 2.24) is 19.6 Å². The number of halogens is 1. The van der Waals surface area contributed by atoms with Crippen LogP contribution in [0.5, 0.6) is 0 Å². The molecule has 1 aliphatic heterocycles. The second-order valence-electron chi connectivity index (χ2n) is 6.18. The monoisotopic (exact) mass is 416 g/mol. The first-order valence-electron chi connectivity index (χ1n) is 8.79. The molecular formula is C18H21BrN6O. The maximum atomic E-state index is 5.49. The summed E-state index contributed by atoms with van der Waals surface area (Å²) in [5, 5.41) is 7.79. The van der Waals surface area contributed by atoms with E-state index in [2.05, 4.69) is 66.3 Å². The topological polar surface area (TPSA) is 67.6 Å². The van der Waals surface area contributed by atoms with Gasteiger partial charge >= 0.3 is 0 Å². The Balaban J connectivity index is 1.61. The Morgan fingerprint density at radius 3 is 2.88 bits per heavy atom. The van der Waals surface area contributed by atoms with Crippen LogP contribution in [0.4, 0.5) is 11.5 Å². The Morgan fingerprint density at radius 1 is 1.23 bits per heavy atom. The van der Waals surface area contributed by atoms with E-state index in [0.29, 0.717) is 12.3 Å². The van der Waals surface area contributed by atoms with E-state index in [-0.39, 0.29) is 0 Å². The van der Waals surface area contributed by atoms with Crippen LogP contribution in [-0.4, -0.2) is 45.9 Å². The molecule has 4 rings (SSSR count). The Labute approximate surface area is 160 Å². The number of morpholine rings is 1. The van der Waals surface area contributed by atoms with Crippen LogP contribution in [0.25, 0.3) is 5.78 Å². The molecule has 0 radical (unpaired) electrons. The molecule has 0 aliphatic carbocycles. The third-order valence-electron chi connectivity index (χ3n) is 4.53. The normalized spacial score (nSPS) is 14.8. The average Bonchev–Trinajstić information content (AvgIpc) is 3.16. The number of aryl methyl sites for hydroxylation is 1. The van der Waals surface area contributed by atoms with E-state index in [1.165, 1.54) is 17.6 Å². The van der Waals surface area contributed by atoms with E-state index in [4.69, 9.17) is 4.74 Å². The summed E-state index contributed by atoms with van der Waals surface area (Å²) in [5.41, 5.74) is 3.46. The molecule has 3 aromatic rings. The molecule has 0 bridgehead atoms. The SMILES string of the molecule is CCc1cc(NCc2ccc(Br)cc2N2CCOCC2)n2ncnc2n1. The molecule has 8 heteroatoms. The number of hydrogen-bond acceptors (Lipinski definition) is 6. The molecule has 1 aliphatic rings. The fraction of sp³-hybridized carbons (Fsp3) is 0.389. The molecule has 136 valence electrons. The van der Waals surface area contributed by atoms with Crippen LogP contribution < -0.4 is 10.2 Å². The van der Waals surface area contributed by atoms with Crippen molar-refractivity contribution in [2.75, 3.05) is 36.5 Å². The summed E-state index contributed by atoms with van der Waals surface area (Å²) < 4.78 is 8.32. The smallest absolute Gasteiger partial charge is 0.254 e. The molecule has 0 atom stereocenters. The second-order valence-corrected chi connectivity index (χ2v) is 7.10. The number of hydrogen-bond donors (Lipinski definition) is 1. The maximum Gasteiger partial charge on any atom is 0.254 e. The van der Waals surface area contributed by atoms with Gasteiger partial charge in [0.15, 0.2) is 0 Å². The first-order valence-corrected chi connectivity index (χ1v) is 9.58. The van der Waals surface area contributed by atoms with Crippen molar-refractivity contribution >= 4 is 33.2 Å². The van der Waals surface area contributed by atoms with E-state index < -0.39 is 0 Å². The highest BCUT2D eigenvalue weighted by molar-refractivity contribution is 9.10. The third-order valence-corrected chi connectivity index (χ3v) is 5.02. The lowest BCUT2D eigenvalue weighted by Gasteiger charge is -2.31. The minimum atomic E-state index is 0.621. The molecule has 1 saturated heterocycles. The van der Waals surface area contributed by atoms with Crippen molar-refractivity contribution in [3.63, 3.8) is 0 Å². The van der Waals surface area contributed by atoms with Crippen molar-refractivity contribution in [2.45, 2.75) is 19.9 Å². The van der Waals surface area contributed by atoms with Gasteiger partial charge in [0.2, 0.25) is 0 Å². The van der Waals surface area contributed by atoms with Gasteiger partial charge in [-0.3, -0.25) is 0 Å². The third kappa shape index (κ3) is 3.52. The summed E-state index contributed by atoms with van der Waals surface area (Å²) in [6, 6.07) is 8.45. The first-order chi connectivity index (χ1) is 12.7. The summed E-state index contributed by atoms with van der Waals surface area (Å²) in [7, 11) is 0. The number of nitrogens with zero attached hydrogens (tertiary/aromatic N) is 5. The van der Waals surface area contributed by atoms with Crippen molar-refractivity contribution in [3.05, 3.63) is 46.3 Å². The number of fused-ring (bicyclic) bond motifs is 1. The number of rotatable bonds is 5. The highest BCUT2D eigenvalue weighted by Crippen LogP contribution is 2.27. The van der Waals surface area contributed by atoms with E-state index >= 15 is 0 Å². The lowest BCUT2D eigenvalue weighted by Crippen LogP contribution is -2.37. The molecular weight excluding hydrogens is 396 g/mol. The Hall–Kier alpha value is -2.19. The molecule has 1 fully saturated rings. The van der Waals surface area contributed by atoms with Gasteiger partial charge in [-0.2, -0.15) is 14.6 Å². The van der Waals surface area contributed by atoms with E-state index in [1.807, 2.05) is 6.07 Å². The highest BCUT2D eigenvalue weighted by atomic mass is 79.9. The summed E-state index contributed by atoms with van der Waals surface area (Å²) in [6.45, 7) is 6.14. The van der Waals surface area contributed by atoms with Gasteiger partial charge in [-0.15, -0.1) is 0 Å². The molecule has 7 nitrogen and oxygen atoms in total. The molecule has 3 heterocycles. The van der Waals surface area contributed by atoms with Gasteiger partial charge in [-0.1, -0.05) is 28.9 Å².